The van der Waals surface area contributed by atoms with Crippen LogP contribution in [0.5, 0.6) is 0 Å². The highest BCUT2D eigenvalue weighted by atomic mass is 19.3. The molecule has 1 N–H and O–H groups in total. The number of amides is 1. The molecule has 0 radical (unpaired) electrons. The van der Waals surface area contributed by atoms with Crippen molar-refractivity contribution in [3.05, 3.63) is 0 Å². The van der Waals surface area contributed by atoms with Crippen molar-refractivity contribution in [2.45, 2.75) is 62.6 Å². The van der Waals surface area contributed by atoms with Gasteiger partial charge in [-0.15, -0.1) is 0 Å². The van der Waals surface area contributed by atoms with Crippen LogP contribution in [-0.2, 0) is 4.79 Å². The molecule has 3 unspecified atom stereocenters. The molecule has 17 heavy (non-hydrogen) atoms. The van der Waals surface area contributed by atoms with Crippen LogP contribution < -0.4 is 5.32 Å². The summed E-state index contributed by atoms with van der Waals surface area (Å²) in [5.41, 5.74) is 0. The lowest BCUT2D eigenvalue weighted by molar-refractivity contribution is -0.138. The molecule has 0 spiro atoms. The number of piperidine rings is 1. The maximum absolute atomic E-state index is 13.1. The summed E-state index contributed by atoms with van der Waals surface area (Å²) in [6, 6.07) is -0.0271. The summed E-state index contributed by atoms with van der Waals surface area (Å²) < 4.78 is 26.2. The van der Waals surface area contributed by atoms with Gasteiger partial charge in [0.15, 0.2) is 0 Å². The average Bonchev–Trinajstić information content (AvgIpc) is 2.76. The molecule has 3 heterocycles. The molecule has 2 bridgehead atoms. The van der Waals surface area contributed by atoms with E-state index in [0.29, 0.717) is 12.1 Å². The second-order valence-electron chi connectivity index (χ2n) is 5.55. The highest BCUT2D eigenvalue weighted by Gasteiger charge is 2.47. The van der Waals surface area contributed by atoms with E-state index in [2.05, 4.69) is 5.32 Å². The van der Waals surface area contributed by atoms with Crippen LogP contribution >= 0.6 is 0 Å². The number of nitrogens with one attached hydrogen (secondary N) is 1. The highest BCUT2D eigenvalue weighted by molar-refractivity contribution is 5.83. The largest absolute Gasteiger partial charge is 0.335 e. The molecule has 3 fully saturated rings. The first-order valence-corrected chi connectivity index (χ1v) is 6.50. The van der Waals surface area contributed by atoms with Gasteiger partial charge in [-0.2, -0.15) is 0 Å². The lowest BCUT2D eigenvalue weighted by Gasteiger charge is -2.36. The van der Waals surface area contributed by atoms with Crippen molar-refractivity contribution in [1.29, 1.82) is 0 Å². The van der Waals surface area contributed by atoms with Crippen LogP contribution in [0.15, 0.2) is 0 Å². The van der Waals surface area contributed by atoms with Crippen LogP contribution in [0.2, 0.25) is 0 Å². The fourth-order valence-electron chi connectivity index (χ4n) is 3.55. The average molecular weight is 244 g/mol. The van der Waals surface area contributed by atoms with Gasteiger partial charge in [-0.1, -0.05) is 0 Å². The summed E-state index contributed by atoms with van der Waals surface area (Å²) in [4.78, 5) is 14.2. The first-order valence-electron chi connectivity index (χ1n) is 6.50. The first kappa shape index (κ1) is 11.4. The Labute approximate surface area is 99.5 Å². The first-order chi connectivity index (χ1) is 8.07. The number of halogens is 2. The molecule has 3 atom stereocenters. The molecule has 3 nitrogen and oxygen atoms in total. The number of carbonyl (C=O) groups excluding carboxylic acids is 1. The van der Waals surface area contributed by atoms with E-state index in [1.165, 1.54) is 6.42 Å². The summed E-state index contributed by atoms with van der Waals surface area (Å²) in [7, 11) is 0. The van der Waals surface area contributed by atoms with Crippen molar-refractivity contribution in [1.82, 2.24) is 10.2 Å². The van der Waals surface area contributed by atoms with E-state index in [1.54, 1.807) is 0 Å². The Balaban J connectivity index is 1.71. The zero-order valence-electron chi connectivity index (χ0n) is 9.79. The quantitative estimate of drug-likeness (QED) is 0.758. The fourth-order valence-corrected chi connectivity index (χ4v) is 3.55. The molecule has 0 saturated carbocycles. The molecule has 5 heteroatoms. The third-order valence-electron chi connectivity index (χ3n) is 4.36. The van der Waals surface area contributed by atoms with Crippen LogP contribution in [0.1, 0.15) is 38.5 Å². The number of carbonyl (C=O) groups is 1. The minimum Gasteiger partial charge on any atom is -0.335 e. The normalized spacial score (nSPS) is 39.6. The molecule has 3 aliphatic heterocycles. The summed E-state index contributed by atoms with van der Waals surface area (Å²) in [6.07, 6.45) is 5.05. The van der Waals surface area contributed by atoms with Crippen LogP contribution in [0.25, 0.3) is 0 Å². The molecule has 3 saturated heterocycles. The summed E-state index contributed by atoms with van der Waals surface area (Å²) >= 11 is 0. The molecule has 0 aromatic carbocycles. The zero-order valence-corrected chi connectivity index (χ0v) is 9.79. The predicted octanol–water partition coefficient (Wildman–Crippen LogP) is 1.53. The van der Waals surface area contributed by atoms with Crippen molar-refractivity contribution in [2.75, 3.05) is 6.54 Å². The monoisotopic (exact) mass is 244 g/mol. The van der Waals surface area contributed by atoms with Gasteiger partial charge in [0.1, 0.15) is 0 Å². The van der Waals surface area contributed by atoms with Crippen molar-refractivity contribution < 1.29 is 13.6 Å². The van der Waals surface area contributed by atoms with E-state index in [-0.39, 0.29) is 18.9 Å². The third kappa shape index (κ3) is 1.94. The number of nitrogens with zero attached hydrogens (tertiary/aromatic N) is 1. The Hall–Kier alpha value is -0.710. The Morgan fingerprint density at radius 1 is 1.18 bits per heavy atom. The molecule has 1 amide bonds. The third-order valence-corrected chi connectivity index (χ3v) is 4.36. The van der Waals surface area contributed by atoms with Crippen molar-refractivity contribution in [3.8, 4) is 0 Å². The van der Waals surface area contributed by atoms with E-state index in [0.717, 1.165) is 25.7 Å². The Morgan fingerprint density at radius 2 is 1.82 bits per heavy atom. The number of fused-ring (bicyclic) bond motifs is 2. The smallest absolute Gasteiger partial charge is 0.262 e. The van der Waals surface area contributed by atoms with Gasteiger partial charge in [-0.3, -0.25) is 10.1 Å². The van der Waals surface area contributed by atoms with Crippen molar-refractivity contribution in [2.24, 2.45) is 0 Å². The topological polar surface area (TPSA) is 32.3 Å². The summed E-state index contributed by atoms with van der Waals surface area (Å²) in [6.45, 7) is -0.355. The van der Waals surface area contributed by atoms with Gasteiger partial charge in [-0.05, 0) is 32.1 Å². The van der Waals surface area contributed by atoms with Gasteiger partial charge in [0, 0.05) is 18.5 Å². The van der Waals surface area contributed by atoms with E-state index < -0.39 is 12.0 Å². The number of hydrogen-bond donors (Lipinski definition) is 1. The van der Waals surface area contributed by atoms with Crippen LogP contribution in [-0.4, -0.2) is 41.4 Å². The molecular weight excluding hydrogens is 226 g/mol. The highest BCUT2D eigenvalue weighted by Crippen LogP contribution is 2.37. The maximum atomic E-state index is 13.1. The fraction of sp³-hybridized carbons (Fsp3) is 0.917. The van der Waals surface area contributed by atoms with Gasteiger partial charge in [0.25, 0.3) is 5.92 Å². The van der Waals surface area contributed by atoms with E-state index in [4.69, 9.17) is 0 Å². The molecule has 96 valence electrons. The van der Waals surface area contributed by atoms with Gasteiger partial charge in [0.2, 0.25) is 5.91 Å². The van der Waals surface area contributed by atoms with Gasteiger partial charge in [0.05, 0.1) is 12.6 Å². The van der Waals surface area contributed by atoms with Gasteiger partial charge in [-0.25, -0.2) is 8.78 Å². The predicted molar refractivity (Wildman–Crippen MR) is 58.9 cm³/mol. The van der Waals surface area contributed by atoms with E-state index in [9.17, 15) is 13.6 Å². The van der Waals surface area contributed by atoms with Crippen molar-refractivity contribution >= 4 is 5.91 Å². The zero-order chi connectivity index (χ0) is 12.0. The Morgan fingerprint density at radius 3 is 2.35 bits per heavy atom. The molecule has 3 rings (SSSR count). The van der Waals surface area contributed by atoms with Crippen LogP contribution in [0.4, 0.5) is 8.78 Å². The lowest BCUT2D eigenvalue weighted by atomic mass is 10.0. The minimum atomic E-state index is -2.71. The van der Waals surface area contributed by atoms with E-state index >= 15 is 0 Å². The summed E-state index contributed by atoms with van der Waals surface area (Å²) in [5.74, 6) is -2.80. The SMILES string of the molecule is O=C(C1CC(F)(F)CN1)N1C2CCCC1CC2. The second kappa shape index (κ2) is 3.90. The van der Waals surface area contributed by atoms with E-state index in [1.807, 2.05) is 4.90 Å². The van der Waals surface area contributed by atoms with Crippen molar-refractivity contribution in [3.63, 3.8) is 0 Å². The number of rotatable bonds is 1. The van der Waals surface area contributed by atoms with Crippen LogP contribution in [0, 0.1) is 0 Å². The molecular formula is C12H18F2N2O. The maximum Gasteiger partial charge on any atom is 0.262 e. The number of hydrogen-bond acceptors (Lipinski definition) is 2. The van der Waals surface area contributed by atoms with Gasteiger partial charge < -0.3 is 4.90 Å². The Bertz CT molecular complexity index is 318. The molecule has 0 aliphatic carbocycles. The standard InChI is InChI=1S/C12H18F2N2O/c13-12(14)6-10(15-7-12)11(17)16-8-2-1-3-9(16)5-4-8/h8-10,15H,1-7H2. The second-order valence-corrected chi connectivity index (χ2v) is 5.55. The van der Waals surface area contributed by atoms with Gasteiger partial charge >= 0.3 is 0 Å². The molecule has 0 aromatic heterocycles. The summed E-state index contributed by atoms with van der Waals surface area (Å²) in [5, 5.41) is 2.67. The molecule has 0 aromatic rings. The minimum absolute atomic E-state index is 0.0885. The Kier molecular flexibility index (Phi) is 2.61. The van der Waals surface area contributed by atoms with Crippen LogP contribution in [0.3, 0.4) is 0 Å². The number of alkyl halides is 2. The molecule has 3 aliphatic rings. The lowest BCUT2D eigenvalue weighted by Crippen LogP contribution is -2.50.